The number of hydrogen-bond donors (Lipinski definition) is 1. The van der Waals surface area contributed by atoms with E-state index in [0.717, 1.165) is 22.6 Å². The van der Waals surface area contributed by atoms with Gasteiger partial charge in [0.15, 0.2) is 0 Å². The zero-order valence-electron chi connectivity index (χ0n) is 15.4. The minimum Gasteiger partial charge on any atom is -0.497 e. The average molecular weight is 383 g/mol. The molecule has 2 aromatic carbocycles. The lowest BCUT2D eigenvalue weighted by molar-refractivity contribution is -0.120. The summed E-state index contributed by atoms with van der Waals surface area (Å²) in [6.45, 7) is 4.31. The molecule has 1 heterocycles. The first-order valence-corrected chi connectivity index (χ1v) is 9.37. The summed E-state index contributed by atoms with van der Waals surface area (Å²) >= 11 is 1.32. The Morgan fingerprint density at radius 2 is 1.89 bits per heavy atom. The van der Waals surface area contributed by atoms with Crippen LogP contribution >= 0.6 is 11.8 Å². The Balaban J connectivity index is 1.60. The summed E-state index contributed by atoms with van der Waals surface area (Å²) in [5, 5.41) is 15.0. The van der Waals surface area contributed by atoms with Gasteiger partial charge < -0.3 is 10.1 Å². The van der Waals surface area contributed by atoms with Crippen molar-refractivity contribution in [1.82, 2.24) is 25.5 Å². The van der Waals surface area contributed by atoms with Crippen LogP contribution in [0.5, 0.6) is 5.75 Å². The van der Waals surface area contributed by atoms with Gasteiger partial charge in [-0.05, 0) is 54.1 Å². The van der Waals surface area contributed by atoms with Gasteiger partial charge in [-0.1, -0.05) is 41.6 Å². The number of nitrogens with one attached hydrogen (secondary N) is 1. The molecule has 0 saturated carbocycles. The van der Waals surface area contributed by atoms with Crippen LogP contribution in [-0.4, -0.2) is 38.5 Å². The highest BCUT2D eigenvalue weighted by Gasteiger charge is 2.19. The first kappa shape index (κ1) is 18.9. The standard InChI is InChI=1S/C19H21N5O2S/c1-13-4-8-16(9-5-13)24-19(21-22-23-24)27-14(2)18(25)20-12-15-6-10-17(26-3)11-7-15/h4-11,14H,12H2,1-3H3,(H,20,25)/t14-/m1/s1. The maximum Gasteiger partial charge on any atom is 0.233 e. The topological polar surface area (TPSA) is 81.9 Å². The highest BCUT2D eigenvalue weighted by Crippen LogP contribution is 2.23. The quantitative estimate of drug-likeness (QED) is 0.632. The summed E-state index contributed by atoms with van der Waals surface area (Å²) in [7, 11) is 1.62. The summed E-state index contributed by atoms with van der Waals surface area (Å²) in [4.78, 5) is 12.4. The third-order valence-corrected chi connectivity index (χ3v) is 5.03. The molecular formula is C19H21N5O2S. The van der Waals surface area contributed by atoms with Gasteiger partial charge in [-0.25, -0.2) is 0 Å². The maximum absolute atomic E-state index is 12.4. The molecule has 0 saturated heterocycles. The molecule has 3 rings (SSSR count). The van der Waals surface area contributed by atoms with Gasteiger partial charge in [-0.15, -0.1) is 5.10 Å². The second-order valence-electron chi connectivity index (χ2n) is 6.03. The average Bonchev–Trinajstić information content (AvgIpc) is 3.15. The van der Waals surface area contributed by atoms with Crippen LogP contribution in [0.25, 0.3) is 5.69 Å². The van der Waals surface area contributed by atoms with Gasteiger partial charge >= 0.3 is 0 Å². The highest BCUT2D eigenvalue weighted by molar-refractivity contribution is 8.00. The lowest BCUT2D eigenvalue weighted by Gasteiger charge is -2.12. The third-order valence-electron chi connectivity index (χ3n) is 4.00. The third kappa shape index (κ3) is 4.85. The van der Waals surface area contributed by atoms with Gasteiger partial charge in [-0.3, -0.25) is 4.79 Å². The van der Waals surface area contributed by atoms with Gasteiger partial charge in [0.1, 0.15) is 5.75 Å². The van der Waals surface area contributed by atoms with Crippen LogP contribution in [0.1, 0.15) is 18.1 Å². The van der Waals surface area contributed by atoms with E-state index >= 15 is 0 Å². The molecule has 0 bridgehead atoms. The van der Waals surface area contributed by atoms with Crippen molar-refractivity contribution in [3.05, 3.63) is 59.7 Å². The van der Waals surface area contributed by atoms with Crippen molar-refractivity contribution in [2.45, 2.75) is 30.8 Å². The molecule has 0 unspecified atom stereocenters. The van der Waals surface area contributed by atoms with Crippen molar-refractivity contribution in [1.29, 1.82) is 0 Å². The van der Waals surface area contributed by atoms with E-state index in [0.29, 0.717) is 11.7 Å². The number of aryl methyl sites for hydroxylation is 1. The number of methoxy groups -OCH3 is 1. The number of aromatic nitrogens is 4. The van der Waals surface area contributed by atoms with Crippen molar-refractivity contribution in [2.24, 2.45) is 0 Å². The largest absolute Gasteiger partial charge is 0.497 e. The van der Waals surface area contributed by atoms with Crippen LogP contribution in [0.3, 0.4) is 0 Å². The molecule has 1 aromatic heterocycles. The van der Waals surface area contributed by atoms with Crippen LogP contribution in [-0.2, 0) is 11.3 Å². The van der Waals surface area contributed by atoms with Crippen molar-refractivity contribution in [2.75, 3.05) is 7.11 Å². The van der Waals surface area contributed by atoms with Gasteiger partial charge in [0.2, 0.25) is 11.1 Å². The van der Waals surface area contributed by atoms with E-state index in [2.05, 4.69) is 20.8 Å². The molecule has 0 radical (unpaired) electrons. The monoisotopic (exact) mass is 383 g/mol. The van der Waals surface area contributed by atoms with Crippen LogP contribution in [0, 0.1) is 6.92 Å². The number of hydrogen-bond acceptors (Lipinski definition) is 6. The fourth-order valence-corrected chi connectivity index (χ4v) is 3.22. The van der Waals surface area contributed by atoms with E-state index in [-0.39, 0.29) is 11.2 Å². The highest BCUT2D eigenvalue weighted by atomic mass is 32.2. The molecule has 0 aliphatic rings. The Hall–Kier alpha value is -2.87. The number of amides is 1. The molecule has 1 atom stereocenters. The Morgan fingerprint density at radius 3 is 2.56 bits per heavy atom. The number of benzene rings is 2. The minimum atomic E-state index is -0.335. The van der Waals surface area contributed by atoms with E-state index in [4.69, 9.17) is 4.74 Å². The Morgan fingerprint density at radius 1 is 1.19 bits per heavy atom. The normalized spacial score (nSPS) is 11.8. The molecule has 0 aliphatic carbocycles. The molecule has 3 aromatic rings. The zero-order valence-corrected chi connectivity index (χ0v) is 16.2. The summed E-state index contributed by atoms with van der Waals surface area (Å²) in [5.74, 6) is 0.714. The first-order valence-electron chi connectivity index (χ1n) is 8.49. The molecule has 0 aliphatic heterocycles. The zero-order chi connectivity index (χ0) is 19.2. The number of tetrazole rings is 1. The smallest absolute Gasteiger partial charge is 0.233 e. The molecule has 140 valence electrons. The second kappa shape index (κ2) is 8.68. The maximum atomic E-state index is 12.4. The predicted octanol–water partition coefficient (Wildman–Crippen LogP) is 2.78. The van der Waals surface area contributed by atoms with Gasteiger partial charge in [0.05, 0.1) is 18.0 Å². The van der Waals surface area contributed by atoms with Crippen LogP contribution < -0.4 is 10.1 Å². The first-order chi connectivity index (χ1) is 13.1. The molecule has 0 fully saturated rings. The van der Waals surface area contributed by atoms with Crippen molar-refractivity contribution in [3.8, 4) is 11.4 Å². The molecule has 7 nitrogen and oxygen atoms in total. The van der Waals surface area contributed by atoms with E-state index in [1.165, 1.54) is 11.8 Å². The van der Waals surface area contributed by atoms with Crippen molar-refractivity contribution in [3.63, 3.8) is 0 Å². The second-order valence-corrected chi connectivity index (χ2v) is 7.34. The number of carbonyl (C=O) groups excluding carboxylic acids is 1. The predicted molar refractivity (Wildman–Crippen MR) is 104 cm³/mol. The Kier molecular flexibility index (Phi) is 6.08. The van der Waals surface area contributed by atoms with Crippen LogP contribution in [0.4, 0.5) is 0 Å². The van der Waals surface area contributed by atoms with E-state index in [1.807, 2.05) is 62.4 Å². The number of nitrogens with zero attached hydrogens (tertiary/aromatic N) is 4. The molecule has 1 amide bonds. The van der Waals surface area contributed by atoms with Gasteiger partial charge in [0, 0.05) is 6.54 Å². The molecule has 8 heteroatoms. The molecular weight excluding hydrogens is 362 g/mol. The van der Waals surface area contributed by atoms with Crippen molar-refractivity contribution < 1.29 is 9.53 Å². The van der Waals surface area contributed by atoms with E-state index in [9.17, 15) is 4.79 Å². The van der Waals surface area contributed by atoms with Crippen molar-refractivity contribution >= 4 is 17.7 Å². The molecule has 1 N–H and O–H groups in total. The fraction of sp³-hybridized carbons (Fsp3) is 0.263. The van der Waals surface area contributed by atoms with Gasteiger partial charge in [-0.2, -0.15) is 4.68 Å². The Labute approximate surface area is 162 Å². The van der Waals surface area contributed by atoms with E-state index in [1.54, 1.807) is 11.8 Å². The lowest BCUT2D eigenvalue weighted by atomic mass is 10.2. The number of thioether (sulfide) groups is 1. The minimum absolute atomic E-state index is 0.0747. The number of rotatable bonds is 7. The van der Waals surface area contributed by atoms with Gasteiger partial charge in [0.25, 0.3) is 0 Å². The molecule has 27 heavy (non-hydrogen) atoms. The summed E-state index contributed by atoms with van der Waals surface area (Å²) < 4.78 is 6.77. The van der Waals surface area contributed by atoms with Crippen LogP contribution in [0.2, 0.25) is 0 Å². The SMILES string of the molecule is COc1ccc(CNC(=O)[C@@H](C)Sc2nnnn2-c2ccc(C)cc2)cc1. The Bertz CT molecular complexity index is 893. The summed E-state index contributed by atoms with van der Waals surface area (Å²) in [6, 6.07) is 15.5. The fourth-order valence-electron chi connectivity index (χ4n) is 2.39. The number of ether oxygens (including phenoxy) is 1. The number of carbonyl (C=O) groups is 1. The van der Waals surface area contributed by atoms with E-state index < -0.39 is 0 Å². The lowest BCUT2D eigenvalue weighted by Crippen LogP contribution is -2.30. The summed E-state index contributed by atoms with van der Waals surface area (Å²) in [5.41, 5.74) is 3.03. The molecule has 0 spiro atoms. The summed E-state index contributed by atoms with van der Waals surface area (Å²) in [6.07, 6.45) is 0. The van der Waals surface area contributed by atoms with Crippen LogP contribution in [0.15, 0.2) is 53.7 Å².